The molecule has 21 heavy (non-hydrogen) atoms. The molecule has 0 bridgehead atoms. The van der Waals surface area contributed by atoms with Gasteiger partial charge in [-0.05, 0) is 34.9 Å². The van der Waals surface area contributed by atoms with Gasteiger partial charge in [-0.15, -0.1) is 12.4 Å². The number of methoxy groups -OCH3 is 1. The van der Waals surface area contributed by atoms with Gasteiger partial charge in [-0.1, -0.05) is 6.07 Å². The van der Waals surface area contributed by atoms with Crippen LogP contribution in [0, 0.1) is 11.3 Å². The molecule has 1 N–H and O–H groups in total. The van der Waals surface area contributed by atoms with Gasteiger partial charge in [0.1, 0.15) is 11.5 Å². The summed E-state index contributed by atoms with van der Waals surface area (Å²) < 4.78 is 5.25. The van der Waals surface area contributed by atoms with Gasteiger partial charge in [0.15, 0.2) is 0 Å². The van der Waals surface area contributed by atoms with Gasteiger partial charge in [0.25, 0.3) is 0 Å². The van der Waals surface area contributed by atoms with Crippen molar-refractivity contribution in [1.82, 2.24) is 4.90 Å². The van der Waals surface area contributed by atoms with E-state index >= 15 is 0 Å². The zero-order valence-electron chi connectivity index (χ0n) is 11.8. The maximum atomic E-state index is 9.62. The molecule has 110 valence electrons. The molecule has 5 heteroatoms. The number of benzene rings is 1. The molecular formula is C16H17ClN2O2. The zero-order chi connectivity index (χ0) is 14.1. The van der Waals surface area contributed by atoms with Gasteiger partial charge in [-0.25, -0.2) is 0 Å². The lowest BCUT2D eigenvalue weighted by atomic mass is 9.87. The average molecular weight is 305 g/mol. The van der Waals surface area contributed by atoms with E-state index in [-0.39, 0.29) is 18.2 Å². The summed E-state index contributed by atoms with van der Waals surface area (Å²) in [5, 5.41) is 18.6. The first-order valence-corrected chi connectivity index (χ1v) is 6.63. The van der Waals surface area contributed by atoms with E-state index in [0.29, 0.717) is 18.5 Å². The van der Waals surface area contributed by atoms with Crippen LogP contribution in [0.1, 0.15) is 17.5 Å². The van der Waals surface area contributed by atoms with Crippen molar-refractivity contribution in [3.05, 3.63) is 40.7 Å². The molecule has 1 aliphatic carbocycles. The molecule has 0 spiro atoms. The maximum Gasteiger partial charge on any atom is 0.119 e. The van der Waals surface area contributed by atoms with Crippen molar-refractivity contribution in [2.75, 3.05) is 26.7 Å². The van der Waals surface area contributed by atoms with Crippen LogP contribution in [-0.4, -0.2) is 36.8 Å². The van der Waals surface area contributed by atoms with Gasteiger partial charge in [0.2, 0.25) is 0 Å². The molecule has 0 saturated heterocycles. The van der Waals surface area contributed by atoms with Crippen molar-refractivity contribution in [2.45, 2.75) is 6.42 Å². The van der Waals surface area contributed by atoms with Crippen LogP contribution >= 0.6 is 12.4 Å². The molecule has 1 aromatic rings. The predicted octanol–water partition coefficient (Wildman–Crippen LogP) is 3.01. The van der Waals surface area contributed by atoms with E-state index in [9.17, 15) is 5.11 Å². The van der Waals surface area contributed by atoms with Crippen molar-refractivity contribution >= 4 is 24.1 Å². The number of halogens is 1. The highest BCUT2D eigenvalue weighted by molar-refractivity contribution is 5.96. The third-order valence-corrected chi connectivity index (χ3v) is 3.86. The monoisotopic (exact) mass is 304 g/mol. The largest absolute Gasteiger partial charge is 0.511 e. The summed E-state index contributed by atoms with van der Waals surface area (Å²) in [4.78, 5) is 2.19. The Kier molecular flexibility index (Phi) is 4.56. The van der Waals surface area contributed by atoms with E-state index in [1.165, 1.54) is 16.7 Å². The SMILES string of the molecule is COc1ccc2c(c1)C(CN1CCC(O)=C(C#N)C1)=C2.Cl. The molecule has 4 nitrogen and oxygen atoms in total. The summed E-state index contributed by atoms with van der Waals surface area (Å²) in [5.41, 5.74) is 4.21. The first-order valence-electron chi connectivity index (χ1n) is 6.63. The van der Waals surface area contributed by atoms with E-state index in [4.69, 9.17) is 10.00 Å². The number of aliphatic hydroxyl groups is 1. The van der Waals surface area contributed by atoms with Crippen molar-refractivity contribution in [3.63, 3.8) is 0 Å². The Morgan fingerprint density at radius 2 is 2.24 bits per heavy atom. The Morgan fingerprint density at radius 1 is 1.43 bits per heavy atom. The highest BCUT2D eigenvalue weighted by Gasteiger charge is 2.23. The highest BCUT2D eigenvalue weighted by atomic mass is 35.5. The summed E-state index contributed by atoms with van der Waals surface area (Å²) >= 11 is 0. The minimum absolute atomic E-state index is 0. The second kappa shape index (κ2) is 6.21. The van der Waals surface area contributed by atoms with Crippen LogP contribution in [0.2, 0.25) is 0 Å². The molecule has 1 heterocycles. The van der Waals surface area contributed by atoms with E-state index in [2.05, 4.69) is 23.1 Å². The second-order valence-corrected chi connectivity index (χ2v) is 5.12. The average Bonchev–Trinajstić information content (AvgIpc) is 2.46. The standard InChI is InChI=1S/C16H16N2O2.ClH/c1-20-14-3-2-11-6-12(15(11)7-14)9-18-5-4-16(19)13(8-17)10-18;/h2-3,6-7,19H,4-5,9-10H2,1H3;1H. The lowest BCUT2D eigenvalue weighted by Gasteiger charge is -2.30. The number of nitrogens with zero attached hydrogens (tertiary/aromatic N) is 2. The van der Waals surface area contributed by atoms with Gasteiger partial charge in [0, 0.05) is 26.1 Å². The first kappa shape index (κ1) is 15.4. The molecule has 0 radical (unpaired) electrons. The lowest BCUT2D eigenvalue weighted by Crippen LogP contribution is -2.33. The van der Waals surface area contributed by atoms with Gasteiger partial charge in [0.05, 0.1) is 18.8 Å². The smallest absolute Gasteiger partial charge is 0.119 e. The molecule has 1 aromatic carbocycles. The topological polar surface area (TPSA) is 56.5 Å². The molecule has 3 rings (SSSR count). The molecule has 2 aliphatic rings. The number of ether oxygens (including phenoxy) is 1. The van der Waals surface area contributed by atoms with Crippen molar-refractivity contribution in [3.8, 4) is 11.8 Å². The third-order valence-electron chi connectivity index (χ3n) is 3.86. The third kappa shape index (κ3) is 2.90. The molecule has 0 saturated carbocycles. The summed E-state index contributed by atoms with van der Waals surface area (Å²) in [5.74, 6) is 1.11. The van der Waals surface area contributed by atoms with Gasteiger partial charge in [-0.2, -0.15) is 5.26 Å². The zero-order valence-corrected chi connectivity index (χ0v) is 12.6. The fourth-order valence-electron chi connectivity index (χ4n) is 2.67. The minimum atomic E-state index is 0. The summed E-state index contributed by atoms with van der Waals surface area (Å²) in [6.07, 6.45) is 2.72. The van der Waals surface area contributed by atoms with Crippen molar-refractivity contribution in [1.29, 1.82) is 5.26 Å². The Morgan fingerprint density at radius 3 is 2.95 bits per heavy atom. The molecule has 0 fully saturated rings. The molecular weight excluding hydrogens is 288 g/mol. The number of rotatable bonds is 3. The number of nitriles is 1. The molecule has 0 atom stereocenters. The lowest BCUT2D eigenvalue weighted by molar-refractivity contribution is 0.270. The Balaban J connectivity index is 0.00000161. The number of fused-ring (bicyclic) bond motifs is 1. The van der Waals surface area contributed by atoms with Crippen LogP contribution in [0.3, 0.4) is 0 Å². The van der Waals surface area contributed by atoms with E-state index < -0.39 is 0 Å². The predicted molar refractivity (Wildman–Crippen MR) is 84.4 cm³/mol. The number of hydrogen-bond acceptors (Lipinski definition) is 4. The quantitative estimate of drug-likeness (QED) is 0.932. The molecule has 0 amide bonds. The normalized spacial score (nSPS) is 17.0. The summed E-state index contributed by atoms with van der Waals surface area (Å²) in [6.45, 7) is 2.12. The highest BCUT2D eigenvalue weighted by Crippen LogP contribution is 2.36. The van der Waals surface area contributed by atoms with Crippen LogP contribution in [0.4, 0.5) is 0 Å². The first-order chi connectivity index (χ1) is 9.71. The van der Waals surface area contributed by atoms with Gasteiger partial charge >= 0.3 is 0 Å². The van der Waals surface area contributed by atoms with Crippen LogP contribution in [-0.2, 0) is 0 Å². The van der Waals surface area contributed by atoms with Crippen molar-refractivity contribution < 1.29 is 9.84 Å². The minimum Gasteiger partial charge on any atom is -0.511 e. The van der Waals surface area contributed by atoms with Gasteiger partial charge in [-0.3, -0.25) is 4.90 Å². The molecule has 0 unspecified atom stereocenters. The van der Waals surface area contributed by atoms with E-state index in [1.54, 1.807) is 7.11 Å². The van der Waals surface area contributed by atoms with Crippen LogP contribution in [0.25, 0.3) is 11.6 Å². The summed E-state index contributed by atoms with van der Waals surface area (Å²) in [6, 6.07) is 8.14. The summed E-state index contributed by atoms with van der Waals surface area (Å²) in [7, 11) is 1.67. The van der Waals surface area contributed by atoms with Crippen LogP contribution < -0.4 is 4.74 Å². The maximum absolute atomic E-state index is 9.62. The van der Waals surface area contributed by atoms with Gasteiger partial charge < -0.3 is 9.84 Å². The fraction of sp³-hybridized carbons (Fsp3) is 0.312. The van der Waals surface area contributed by atoms with Crippen molar-refractivity contribution in [2.24, 2.45) is 0 Å². The molecule has 0 aromatic heterocycles. The molecule has 1 aliphatic heterocycles. The number of aliphatic hydroxyl groups excluding tert-OH is 1. The van der Waals surface area contributed by atoms with E-state index in [1.807, 2.05) is 12.1 Å². The Hall–Kier alpha value is -1.96. The second-order valence-electron chi connectivity index (χ2n) is 5.12. The van der Waals surface area contributed by atoms with E-state index in [0.717, 1.165) is 18.8 Å². The van der Waals surface area contributed by atoms with Crippen LogP contribution in [0.5, 0.6) is 5.75 Å². The Labute approximate surface area is 130 Å². The fourth-order valence-corrected chi connectivity index (χ4v) is 2.67. The number of hydrogen-bond donors (Lipinski definition) is 1. The Bertz CT molecular complexity index is 659. The van der Waals surface area contributed by atoms with Crippen LogP contribution in [0.15, 0.2) is 29.5 Å².